The van der Waals surface area contributed by atoms with E-state index in [-0.39, 0.29) is 17.4 Å². The first-order chi connectivity index (χ1) is 15.0. The second kappa shape index (κ2) is 9.77. The molecule has 1 aromatic heterocycles. The van der Waals surface area contributed by atoms with E-state index >= 15 is 0 Å². The maximum absolute atomic E-state index is 12.7. The summed E-state index contributed by atoms with van der Waals surface area (Å²) in [4.78, 5) is 37.4. The number of carbonyl (C=O) groups is 1. The van der Waals surface area contributed by atoms with E-state index in [0.717, 1.165) is 68.9 Å². The van der Waals surface area contributed by atoms with Gasteiger partial charge in [0.1, 0.15) is 5.82 Å². The van der Waals surface area contributed by atoms with Crippen molar-refractivity contribution in [3.05, 3.63) is 63.8 Å². The van der Waals surface area contributed by atoms with Crippen LogP contribution in [-0.2, 0) is 11.2 Å². The molecule has 0 unspecified atom stereocenters. The maximum Gasteiger partial charge on any atom is 0.251 e. The molecule has 0 bridgehead atoms. The van der Waals surface area contributed by atoms with Crippen molar-refractivity contribution in [1.29, 1.82) is 0 Å². The van der Waals surface area contributed by atoms with Gasteiger partial charge < -0.3 is 14.8 Å². The Bertz CT molecular complexity index is 932. The van der Waals surface area contributed by atoms with Gasteiger partial charge >= 0.3 is 0 Å². The lowest BCUT2D eigenvalue weighted by Gasteiger charge is -2.35. The van der Waals surface area contributed by atoms with Crippen LogP contribution in [-0.4, -0.2) is 57.9 Å². The molecule has 2 aliphatic heterocycles. The third-order valence-electron chi connectivity index (χ3n) is 6.81. The van der Waals surface area contributed by atoms with Crippen LogP contribution in [0.25, 0.3) is 0 Å². The molecule has 6 heteroatoms. The molecule has 6 nitrogen and oxygen atoms in total. The first kappa shape index (κ1) is 21.8. The highest BCUT2D eigenvalue weighted by Crippen LogP contribution is 2.29. The first-order valence-corrected chi connectivity index (χ1v) is 11.7. The fourth-order valence-corrected chi connectivity index (χ4v) is 4.90. The molecule has 0 radical (unpaired) electrons. The van der Waals surface area contributed by atoms with Crippen molar-refractivity contribution in [2.75, 3.05) is 26.2 Å². The Kier molecular flexibility index (Phi) is 6.86. The first-order valence-electron chi connectivity index (χ1n) is 11.7. The van der Waals surface area contributed by atoms with Crippen LogP contribution in [0.4, 0.5) is 0 Å². The quantitative estimate of drug-likeness (QED) is 0.803. The summed E-state index contributed by atoms with van der Waals surface area (Å²) < 4.78 is 0. The zero-order valence-electron chi connectivity index (χ0n) is 18.7. The second-order valence-corrected chi connectivity index (χ2v) is 9.30. The smallest absolute Gasteiger partial charge is 0.251 e. The van der Waals surface area contributed by atoms with Gasteiger partial charge in [0, 0.05) is 43.6 Å². The normalized spacial score (nSPS) is 20.9. The molecule has 166 valence electrons. The Morgan fingerprint density at radius 1 is 1.10 bits per heavy atom. The SMILES string of the molecule is CC(C)N1CCC[C@@H](c2cc(=O)[nH]c(C3CCN(C(=O)Cc4ccccc4)CC3)n2)C1. The summed E-state index contributed by atoms with van der Waals surface area (Å²) in [6, 6.07) is 12.1. The van der Waals surface area contributed by atoms with Gasteiger partial charge in [-0.15, -0.1) is 0 Å². The van der Waals surface area contributed by atoms with E-state index < -0.39 is 0 Å². The van der Waals surface area contributed by atoms with E-state index in [0.29, 0.717) is 18.4 Å². The van der Waals surface area contributed by atoms with Crippen molar-refractivity contribution >= 4 is 5.91 Å². The average Bonchev–Trinajstić information content (AvgIpc) is 2.79. The molecule has 2 aliphatic rings. The van der Waals surface area contributed by atoms with Gasteiger partial charge in [-0.25, -0.2) is 4.98 Å². The van der Waals surface area contributed by atoms with E-state index in [4.69, 9.17) is 4.98 Å². The third kappa shape index (κ3) is 5.42. The number of amides is 1. The average molecular weight is 423 g/mol. The van der Waals surface area contributed by atoms with E-state index in [1.54, 1.807) is 6.07 Å². The summed E-state index contributed by atoms with van der Waals surface area (Å²) in [7, 11) is 0. The van der Waals surface area contributed by atoms with Crippen LogP contribution in [0.15, 0.2) is 41.2 Å². The molecule has 1 atom stereocenters. The minimum Gasteiger partial charge on any atom is -0.342 e. The van der Waals surface area contributed by atoms with Gasteiger partial charge in [0.2, 0.25) is 5.91 Å². The van der Waals surface area contributed by atoms with Gasteiger partial charge in [-0.1, -0.05) is 30.3 Å². The topological polar surface area (TPSA) is 69.3 Å². The summed E-state index contributed by atoms with van der Waals surface area (Å²) >= 11 is 0. The lowest BCUT2D eigenvalue weighted by Crippen LogP contribution is -2.40. The summed E-state index contributed by atoms with van der Waals surface area (Å²) in [5.41, 5.74) is 1.94. The number of hydrogen-bond acceptors (Lipinski definition) is 4. The van der Waals surface area contributed by atoms with E-state index in [9.17, 15) is 9.59 Å². The molecule has 3 heterocycles. The number of aromatic nitrogens is 2. The second-order valence-electron chi connectivity index (χ2n) is 9.30. The molecule has 4 rings (SSSR count). The van der Waals surface area contributed by atoms with Gasteiger partial charge in [0.15, 0.2) is 0 Å². The van der Waals surface area contributed by atoms with Gasteiger partial charge in [-0.05, 0) is 51.6 Å². The molecular weight excluding hydrogens is 388 g/mol. The van der Waals surface area contributed by atoms with Crippen LogP contribution in [0, 0.1) is 0 Å². The van der Waals surface area contributed by atoms with Crippen LogP contribution in [0.2, 0.25) is 0 Å². The van der Waals surface area contributed by atoms with Crippen LogP contribution in [0.3, 0.4) is 0 Å². The highest BCUT2D eigenvalue weighted by Gasteiger charge is 2.28. The lowest BCUT2D eigenvalue weighted by molar-refractivity contribution is -0.131. The zero-order valence-corrected chi connectivity index (χ0v) is 18.7. The van der Waals surface area contributed by atoms with Crippen LogP contribution < -0.4 is 5.56 Å². The number of piperidine rings is 2. The van der Waals surface area contributed by atoms with Crippen LogP contribution >= 0.6 is 0 Å². The standard InChI is InChI=1S/C25H34N4O2/c1-18(2)29-12-6-9-21(17-29)22-16-23(30)27-25(26-22)20-10-13-28(14-11-20)24(31)15-19-7-4-3-5-8-19/h3-5,7-8,16,18,20-21H,6,9-15,17H2,1-2H3,(H,26,27,30)/t21-/m1/s1. The molecule has 31 heavy (non-hydrogen) atoms. The van der Waals surface area contributed by atoms with Crippen molar-refractivity contribution in [1.82, 2.24) is 19.8 Å². The summed E-state index contributed by atoms with van der Waals surface area (Å²) in [5, 5.41) is 0. The maximum atomic E-state index is 12.7. The number of rotatable bonds is 5. The number of benzene rings is 1. The number of carbonyl (C=O) groups excluding carboxylic acids is 1. The largest absolute Gasteiger partial charge is 0.342 e. The Labute approximate surface area is 184 Å². The number of likely N-dealkylation sites (tertiary alicyclic amines) is 2. The molecule has 2 aromatic rings. The highest BCUT2D eigenvalue weighted by atomic mass is 16.2. The van der Waals surface area contributed by atoms with Gasteiger partial charge in [-0.3, -0.25) is 9.59 Å². The third-order valence-corrected chi connectivity index (χ3v) is 6.81. The molecule has 0 saturated carbocycles. The van der Waals surface area contributed by atoms with Crippen molar-refractivity contribution in [3.8, 4) is 0 Å². The lowest BCUT2D eigenvalue weighted by atomic mass is 9.92. The van der Waals surface area contributed by atoms with Crippen LogP contribution in [0.1, 0.15) is 68.4 Å². The number of nitrogens with one attached hydrogen (secondary N) is 1. The summed E-state index contributed by atoms with van der Waals surface area (Å²) in [5.74, 6) is 1.51. The van der Waals surface area contributed by atoms with Gasteiger partial charge in [-0.2, -0.15) is 0 Å². The Morgan fingerprint density at radius 3 is 2.55 bits per heavy atom. The molecule has 1 N–H and O–H groups in total. The fourth-order valence-electron chi connectivity index (χ4n) is 4.90. The van der Waals surface area contributed by atoms with Crippen molar-refractivity contribution in [2.24, 2.45) is 0 Å². The number of nitrogens with zero attached hydrogens (tertiary/aromatic N) is 3. The van der Waals surface area contributed by atoms with E-state index in [1.807, 2.05) is 35.2 Å². The molecule has 0 aliphatic carbocycles. The van der Waals surface area contributed by atoms with Crippen LogP contribution in [0.5, 0.6) is 0 Å². The summed E-state index contributed by atoms with van der Waals surface area (Å²) in [6.07, 6.45) is 4.37. The molecule has 2 saturated heterocycles. The minimum atomic E-state index is -0.0516. The number of aromatic amines is 1. The fraction of sp³-hybridized carbons (Fsp3) is 0.560. The monoisotopic (exact) mass is 422 g/mol. The minimum absolute atomic E-state index is 0.0516. The van der Waals surface area contributed by atoms with Gasteiger partial charge in [0.05, 0.1) is 12.1 Å². The predicted octanol–water partition coefficient (Wildman–Crippen LogP) is 3.31. The van der Waals surface area contributed by atoms with E-state index in [2.05, 4.69) is 23.7 Å². The molecular formula is C25H34N4O2. The molecule has 1 amide bonds. The van der Waals surface area contributed by atoms with Crippen molar-refractivity contribution < 1.29 is 4.79 Å². The van der Waals surface area contributed by atoms with Gasteiger partial charge in [0.25, 0.3) is 5.56 Å². The highest BCUT2D eigenvalue weighted by molar-refractivity contribution is 5.78. The zero-order chi connectivity index (χ0) is 21.8. The molecule has 0 spiro atoms. The number of hydrogen-bond donors (Lipinski definition) is 1. The number of H-pyrrole nitrogens is 1. The summed E-state index contributed by atoms with van der Waals surface area (Å²) in [6.45, 7) is 7.99. The predicted molar refractivity (Wildman–Crippen MR) is 122 cm³/mol. The Balaban J connectivity index is 1.39. The van der Waals surface area contributed by atoms with E-state index in [1.165, 1.54) is 0 Å². The Hall–Kier alpha value is -2.47. The Morgan fingerprint density at radius 2 is 1.84 bits per heavy atom. The molecule has 1 aromatic carbocycles. The van der Waals surface area contributed by atoms with Crippen molar-refractivity contribution in [2.45, 2.75) is 63.8 Å². The van der Waals surface area contributed by atoms with Crippen molar-refractivity contribution in [3.63, 3.8) is 0 Å². The molecule has 2 fully saturated rings.